The van der Waals surface area contributed by atoms with Gasteiger partial charge in [0.1, 0.15) is 145 Å². The Morgan fingerprint density at radius 2 is 0.485 bits per heavy atom. The van der Waals surface area contributed by atoms with E-state index >= 15 is 0 Å². The topological polar surface area (TPSA) is 475 Å². The van der Waals surface area contributed by atoms with Crippen LogP contribution in [0, 0.1) is 0 Å². The summed E-state index contributed by atoms with van der Waals surface area (Å²) >= 11 is 0. The van der Waals surface area contributed by atoms with E-state index in [-0.39, 0.29) is 0 Å². The van der Waals surface area contributed by atoms with Crippen molar-refractivity contribution in [2.75, 3.05) is 39.6 Å². The number of hydrogen-bond acceptors (Lipinski definition) is 30. The maximum atomic E-state index is 11.7. The normalized spacial score (nSPS) is 56.3. The van der Waals surface area contributed by atoms with Crippen molar-refractivity contribution >= 4 is 0 Å². The summed E-state index contributed by atoms with van der Waals surface area (Å²) in [4.78, 5) is 0. The summed E-state index contributed by atoms with van der Waals surface area (Å²) in [6, 6.07) is 0. The zero-order valence-electron chi connectivity index (χ0n) is 36.4. The minimum absolute atomic E-state index is 0.982. The van der Waals surface area contributed by atoms with Gasteiger partial charge in [0.15, 0.2) is 37.7 Å². The average molecular weight is 1000 g/mol. The van der Waals surface area contributed by atoms with Crippen molar-refractivity contribution in [1.82, 2.24) is 0 Å². The van der Waals surface area contributed by atoms with Gasteiger partial charge in [0.25, 0.3) is 0 Å². The molecule has 22 fully saturated rings. The van der Waals surface area contributed by atoms with Crippen molar-refractivity contribution in [3.63, 3.8) is 0 Å². The quantitative estimate of drug-likeness (QED) is 0.117. The second-order valence-electron chi connectivity index (χ2n) is 18.1. The van der Waals surface area contributed by atoms with Crippen LogP contribution in [0.15, 0.2) is 0 Å². The van der Waals surface area contributed by atoms with Gasteiger partial charge >= 0.3 is 0 Å². The molecule has 30 nitrogen and oxygen atoms in total. The molecule has 22 aliphatic rings. The molecule has 12 unspecified atom stereocenters. The standard InChI is InChI=1S/C38H64O30/c1-37(55)27(53)35-61-13(7-43)29(37)67-33-21(51)17(47)23(9(3-39)59-33)63-32-20(50)16(46)26(12(6-42)58-32)66-36-28(54)38(2,56)30(14(8-44)62-36)68-34-22(52)18(48)24(10(4-40)60-34)64-31-19(49)15(45)25(65-35)11(5-41)57-31/h9-36,39-56H,3-8H2,1-2H3/t9?,10?,11?,12?,13?,14?,15-,16-,17-,18-,19?,20?,21?,22?,23-,24-,25-,26-,27?,28?,29-,30-,31-,32-,33-,34-,35-,36-,37-,38-/m1/s1. The largest absolute Gasteiger partial charge is 0.394 e. The van der Waals surface area contributed by atoms with Crippen molar-refractivity contribution < 1.29 is 149 Å². The first-order valence-corrected chi connectivity index (χ1v) is 21.9. The third-order valence-corrected chi connectivity index (χ3v) is 13.5. The van der Waals surface area contributed by atoms with E-state index in [9.17, 15) is 91.9 Å². The Balaban J connectivity index is 1.22. The molecule has 12 bridgehead atoms. The lowest BCUT2D eigenvalue weighted by atomic mass is 9.85. The summed E-state index contributed by atoms with van der Waals surface area (Å²) in [5.74, 6) is 0. The summed E-state index contributed by atoms with van der Waals surface area (Å²) in [5, 5.41) is 198. The number of aliphatic hydroxyl groups is 18. The van der Waals surface area contributed by atoms with Gasteiger partial charge in [-0.1, -0.05) is 0 Å². The highest BCUT2D eigenvalue weighted by atomic mass is 16.8. The van der Waals surface area contributed by atoms with E-state index in [0.717, 1.165) is 13.8 Å². The zero-order chi connectivity index (χ0) is 49.9. The SMILES string of the molecule is C[C@@]1(O)C(O)[C@@H]2OC(CO)[C@H]1O[C@H]1OC(CO)[C@@H](O[C@H]3OC(CO)[C@@H](O[C@H]4OC(CO)[C@@H](O[C@H]5OC(CO)[C@@H](O[C@H]6OC(CO)[C@@H](O2)[C@H](O)C6O)[C@H](O)C5O)[C@](C)(O)C4O)[C@H](O)C3O)[C@H](O)C1O. The Morgan fingerprint density at radius 1 is 0.279 bits per heavy atom. The minimum Gasteiger partial charge on any atom is -0.394 e. The molecule has 0 saturated carbocycles. The molecule has 30 heteroatoms. The van der Waals surface area contributed by atoms with Gasteiger partial charge in [-0.05, 0) is 13.8 Å². The highest BCUT2D eigenvalue weighted by Gasteiger charge is 2.62. The van der Waals surface area contributed by atoms with E-state index in [1.807, 2.05) is 0 Å². The number of aliphatic hydroxyl groups excluding tert-OH is 16. The van der Waals surface area contributed by atoms with E-state index in [1.165, 1.54) is 0 Å². The molecule has 0 radical (unpaired) electrons. The third-order valence-electron chi connectivity index (χ3n) is 13.5. The second kappa shape index (κ2) is 21.7. The second-order valence-corrected chi connectivity index (χ2v) is 18.1. The Labute approximate surface area is 385 Å². The molecule has 68 heavy (non-hydrogen) atoms. The van der Waals surface area contributed by atoms with Gasteiger partial charge in [-0.15, -0.1) is 0 Å². The molecule has 396 valence electrons. The zero-order valence-corrected chi connectivity index (χ0v) is 36.4. The molecule has 0 aromatic rings. The smallest absolute Gasteiger partial charge is 0.187 e. The molecule has 18 N–H and O–H groups in total. The average Bonchev–Trinajstić information content (AvgIpc) is 3.31. The van der Waals surface area contributed by atoms with Crippen molar-refractivity contribution in [1.29, 1.82) is 0 Å². The molecular formula is C38H64O30. The third kappa shape index (κ3) is 9.95. The van der Waals surface area contributed by atoms with E-state index in [1.54, 1.807) is 0 Å². The molecule has 0 aromatic carbocycles. The molecule has 22 aliphatic heterocycles. The van der Waals surface area contributed by atoms with E-state index in [0.29, 0.717) is 0 Å². The van der Waals surface area contributed by atoms with Crippen molar-refractivity contribution in [2.24, 2.45) is 0 Å². The summed E-state index contributed by atoms with van der Waals surface area (Å²) in [5.41, 5.74) is -5.12. The summed E-state index contributed by atoms with van der Waals surface area (Å²) in [6.07, 6.45) is -55.0. The van der Waals surface area contributed by atoms with Crippen LogP contribution in [0.2, 0.25) is 0 Å². The van der Waals surface area contributed by atoms with Crippen LogP contribution in [0.3, 0.4) is 0 Å². The van der Waals surface area contributed by atoms with Gasteiger partial charge in [0.2, 0.25) is 0 Å². The first kappa shape index (κ1) is 54.6. The molecule has 22 saturated heterocycles. The number of rotatable bonds is 6. The number of ether oxygens (including phenoxy) is 12. The molecule has 30 atom stereocenters. The van der Waals surface area contributed by atoms with Crippen LogP contribution in [-0.2, 0) is 56.8 Å². The van der Waals surface area contributed by atoms with Gasteiger partial charge in [-0.25, -0.2) is 0 Å². The lowest BCUT2D eigenvalue weighted by molar-refractivity contribution is -0.414. The van der Waals surface area contributed by atoms with E-state index < -0.39 is 223 Å². The maximum Gasteiger partial charge on any atom is 0.187 e. The number of hydrogen-bond donors (Lipinski definition) is 18. The Hall–Kier alpha value is -1.20. The van der Waals surface area contributed by atoms with Crippen LogP contribution in [0.25, 0.3) is 0 Å². The fraction of sp³-hybridized carbons (Fsp3) is 1.00. The fourth-order valence-corrected chi connectivity index (χ4v) is 9.46. The highest BCUT2D eigenvalue weighted by molar-refractivity contribution is 5.05. The maximum absolute atomic E-state index is 11.7. The predicted octanol–water partition coefficient (Wildman–Crippen LogP) is -12.3. The van der Waals surface area contributed by atoms with Gasteiger partial charge in [-0.2, -0.15) is 0 Å². The lowest BCUT2D eigenvalue weighted by Gasteiger charge is -2.53. The van der Waals surface area contributed by atoms with Gasteiger partial charge < -0.3 is 149 Å². The minimum atomic E-state index is -2.56. The monoisotopic (exact) mass is 1000 g/mol. The summed E-state index contributed by atoms with van der Waals surface area (Å²) in [7, 11) is 0. The molecular weight excluding hydrogens is 936 g/mol. The Morgan fingerprint density at radius 3 is 0.721 bits per heavy atom. The summed E-state index contributed by atoms with van der Waals surface area (Å²) in [6.45, 7) is -4.10. The highest BCUT2D eigenvalue weighted by Crippen LogP contribution is 2.41. The van der Waals surface area contributed by atoms with Crippen LogP contribution in [-0.4, -0.2) is 315 Å². The van der Waals surface area contributed by atoms with Gasteiger partial charge in [0.05, 0.1) is 39.6 Å². The molecule has 0 amide bonds. The molecule has 0 aliphatic carbocycles. The van der Waals surface area contributed by atoms with Crippen LogP contribution >= 0.6 is 0 Å². The first-order valence-electron chi connectivity index (χ1n) is 21.9. The van der Waals surface area contributed by atoms with Crippen molar-refractivity contribution in [3.8, 4) is 0 Å². The predicted molar refractivity (Wildman–Crippen MR) is 205 cm³/mol. The summed E-state index contributed by atoms with van der Waals surface area (Å²) < 4.78 is 68.6. The van der Waals surface area contributed by atoms with E-state index in [2.05, 4.69) is 0 Å². The molecule has 22 heterocycles. The van der Waals surface area contributed by atoms with Crippen LogP contribution in [0.4, 0.5) is 0 Å². The van der Waals surface area contributed by atoms with Crippen molar-refractivity contribution in [3.05, 3.63) is 0 Å². The Kier molecular flexibility index (Phi) is 17.4. The van der Waals surface area contributed by atoms with Gasteiger partial charge in [-0.3, -0.25) is 0 Å². The molecule has 0 spiro atoms. The van der Waals surface area contributed by atoms with Crippen LogP contribution < -0.4 is 0 Å². The van der Waals surface area contributed by atoms with Crippen molar-refractivity contribution in [2.45, 2.75) is 197 Å². The van der Waals surface area contributed by atoms with Crippen LogP contribution in [0.1, 0.15) is 13.8 Å². The molecule has 22 rings (SSSR count). The fourth-order valence-electron chi connectivity index (χ4n) is 9.46. The van der Waals surface area contributed by atoms with Crippen LogP contribution in [0.5, 0.6) is 0 Å². The first-order chi connectivity index (χ1) is 32.1. The van der Waals surface area contributed by atoms with E-state index in [4.69, 9.17) is 56.8 Å². The van der Waals surface area contributed by atoms with Gasteiger partial charge in [0, 0.05) is 0 Å². The lowest BCUT2D eigenvalue weighted by Crippen LogP contribution is -2.72. The Bertz CT molecular complexity index is 1490. The molecule has 0 aromatic heterocycles.